The average Bonchev–Trinajstić information content (AvgIpc) is 3.43. The second kappa shape index (κ2) is 13.7. The Morgan fingerprint density at radius 1 is 0.773 bits per heavy atom. The van der Waals surface area contributed by atoms with Crippen molar-refractivity contribution in [2.24, 2.45) is 0 Å². The van der Waals surface area contributed by atoms with Gasteiger partial charge in [-0.05, 0) is 57.5 Å². The van der Waals surface area contributed by atoms with Crippen molar-refractivity contribution < 1.29 is 28.6 Å². The van der Waals surface area contributed by atoms with Crippen molar-refractivity contribution in [3.05, 3.63) is 139 Å². The molecule has 0 atom stereocenters. The Labute approximate surface area is 283 Å². The topological polar surface area (TPSA) is 25.8 Å². The molecule has 3 heterocycles. The predicted molar refractivity (Wildman–Crippen MR) is 183 cm³/mol. The second-order valence-corrected chi connectivity index (χ2v) is 23.0. The molecule has 0 aliphatic rings. The first kappa shape index (κ1) is 28.0. The zero-order valence-corrected chi connectivity index (χ0v) is 29.8. The monoisotopic (exact) mass is 836 g/mol. The number of rotatable bonds is 4. The maximum atomic E-state index is 13.8. The summed E-state index contributed by atoms with van der Waals surface area (Å²) in [5.74, 6) is 6.87. The van der Waals surface area contributed by atoms with E-state index >= 15 is 0 Å². The molecule has 0 spiro atoms. The number of halogens is 1. The van der Waals surface area contributed by atoms with Gasteiger partial charge in [0.15, 0.2) is 0 Å². The quantitative estimate of drug-likeness (QED) is 0.130. The van der Waals surface area contributed by atoms with E-state index < -0.39 is 20.1 Å². The fourth-order valence-electron chi connectivity index (χ4n) is 4.90. The van der Waals surface area contributed by atoms with Crippen LogP contribution in [-0.2, 0) is 20.1 Å². The number of pyridine rings is 2. The summed E-state index contributed by atoms with van der Waals surface area (Å²) in [6.07, 6.45) is 3.47. The van der Waals surface area contributed by atoms with Gasteiger partial charge in [-0.25, -0.2) is 4.39 Å². The van der Waals surface area contributed by atoms with Crippen molar-refractivity contribution in [2.75, 3.05) is 0 Å². The molecule has 44 heavy (non-hydrogen) atoms. The van der Waals surface area contributed by atoms with E-state index in [0.29, 0.717) is 11.3 Å². The van der Waals surface area contributed by atoms with Crippen LogP contribution in [0.3, 0.4) is 0 Å². The molecule has 3 aromatic heterocycles. The molecule has 4 aromatic carbocycles. The Hall–Kier alpha value is -3.48. The van der Waals surface area contributed by atoms with E-state index in [1.807, 2.05) is 72.9 Å². The van der Waals surface area contributed by atoms with Gasteiger partial charge in [-0.3, -0.25) is 0 Å². The third-order valence-corrected chi connectivity index (χ3v) is 12.7. The number of nitrogens with zero attached hydrogens (tertiary/aromatic N) is 2. The molecule has 0 unspecified atom stereocenters. The van der Waals surface area contributed by atoms with Crippen LogP contribution < -0.4 is 4.40 Å². The second-order valence-electron chi connectivity index (χ2n) is 11.3. The van der Waals surface area contributed by atoms with Crippen LogP contribution in [0.1, 0.15) is 9.68 Å². The maximum absolute atomic E-state index is 13.8. The summed E-state index contributed by atoms with van der Waals surface area (Å²) >= 11 is -0.162. The fourth-order valence-corrected chi connectivity index (χ4v) is 8.26. The molecule has 2 nitrogen and oxygen atoms in total. The fraction of sp³-hybridized carbons (Fsp3) is 0.105. The van der Waals surface area contributed by atoms with Crippen LogP contribution in [0, 0.1) is 24.8 Å². The Morgan fingerprint density at radius 2 is 1.57 bits per heavy atom. The number of hydrogen-bond donors (Lipinski definition) is 0. The normalized spacial score (nSPS) is 12.4. The Morgan fingerprint density at radius 3 is 2.27 bits per heavy atom. The zero-order valence-electron chi connectivity index (χ0n) is 27.5. The molecule has 0 aliphatic heterocycles. The molecule has 0 bridgehead atoms. The number of fused-ring (bicyclic) bond motifs is 3. The van der Waals surface area contributed by atoms with Gasteiger partial charge in [-0.2, -0.15) is 11.3 Å². The van der Waals surface area contributed by atoms with Crippen molar-refractivity contribution in [1.29, 1.82) is 0 Å². The summed E-state index contributed by atoms with van der Waals surface area (Å²) < 4.78 is 40.9. The van der Waals surface area contributed by atoms with Gasteiger partial charge in [0, 0.05) is 35.1 Å². The summed E-state index contributed by atoms with van der Waals surface area (Å²) in [6.45, 7) is -2.28. The molecule has 6 heteroatoms. The largest absolute Gasteiger partial charge is 0 e. The van der Waals surface area contributed by atoms with Gasteiger partial charge in [-0.1, -0.05) is 41.8 Å². The number of aryl methyl sites for hydroxylation is 1. The van der Waals surface area contributed by atoms with Crippen molar-refractivity contribution in [1.82, 2.24) is 9.97 Å². The Kier molecular flexibility index (Phi) is 8.70. The summed E-state index contributed by atoms with van der Waals surface area (Å²) in [6, 6.07) is 38.5. The first-order chi connectivity index (χ1) is 22.0. The number of hydrogen-bond acceptors (Lipinski definition) is 3. The molecule has 0 saturated heterocycles. The SMILES string of the molecule is [2H]C([2H])([2H])c1cnc(-c2[c-]ccc3c2sc2ccc(F)cc23)cc1-c1ccccc1.[CH3][Ge]([CH3])([CH3])[c]1ccc(-c2[c-]cccc2)nc1.[Ir]. The van der Waals surface area contributed by atoms with Gasteiger partial charge >= 0.3 is 99.8 Å². The summed E-state index contributed by atoms with van der Waals surface area (Å²) in [5.41, 5.74) is 5.15. The molecule has 0 fully saturated rings. The standard InChI is InChI=1S/C24H15FNS.C14H16GeN.Ir/c1-15-14-26-22(13-20(15)16-6-3-2-4-7-16)19-9-5-8-18-21-12-17(25)10-11-23(21)27-24(18)19;1-15(2,3)13-9-10-14(16-11-13)12-7-5-4-6-8-12;/h2-8,10-14H,1H3;4-7,9-11H,1-3H3;/q2*-1;/i1D3;;. The third-order valence-electron chi connectivity index (χ3n) is 7.25. The van der Waals surface area contributed by atoms with Crippen LogP contribution in [0.4, 0.5) is 4.39 Å². The van der Waals surface area contributed by atoms with E-state index in [9.17, 15) is 4.39 Å². The number of aromatic nitrogens is 2. The van der Waals surface area contributed by atoms with E-state index in [1.54, 1.807) is 29.5 Å². The number of thiophene rings is 1. The van der Waals surface area contributed by atoms with Crippen LogP contribution in [0.2, 0.25) is 17.3 Å². The van der Waals surface area contributed by atoms with Gasteiger partial charge < -0.3 is 4.98 Å². The van der Waals surface area contributed by atoms with Gasteiger partial charge in [0.25, 0.3) is 0 Å². The Balaban J connectivity index is 0.000000217. The molecule has 7 aromatic rings. The number of benzene rings is 4. The minimum absolute atomic E-state index is 0. The molecule has 1 radical (unpaired) electrons. The van der Waals surface area contributed by atoms with E-state index in [2.05, 4.69) is 51.5 Å². The average molecular weight is 835 g/mol. The minimum Gasteiger partial charge on any atom is 0 e. The molecule has 0 amide bonds. The van der Waals surface area contributed by atoms with Crippen LogP contribution >= 0.6 is 11.3 Å². The first-order valence-electron chi connectivity index (χ1n) is 15.5. The van der Waals surface area contributed by atoms with E-state index in [4.69, 9.17) is 4.11 Å². The molecule has 7 rings (SSSR count). The zero-order chi connectivity index (χ0) is 32.5. The maximum Gasteiger partial charge on any atom is 0 e. The summed E-state index contributed by atoms with van der Waals surface area (Å²) in [4.78, 5) is 9.01. The Bertz CT molecular complexity index is 2130. The van der Waals surface area contributed by atoms with Crippen molar-refractivity contribution in [3.8, 4) is 33.6 Å². The molecule has 221 valence electrons. The molecular weight excluding hydrogens is 800 g/mol. The smallest absolute Gasteiger partial charge is 0 e. The third kappa shape index (κ3) is 6.92. The van der Waals surface area contributed by atoms with Crippen LogP contribution in [0.25, 0.3) is 53.8 Å². The van der Waals surface area contributed by atoms with E-state index in [1.165, 1.54) is 16.7 Å². The predicted octanol–water partition coefficient (Wildman–Crippen LogP) is 10.1. The van der Waals surface area contributed by atoms with E-state index in [0.717, 1.165) is 42.6 Å². The molecule has 0 saturated carbocycles. The van der Waals surface area contributed by atoms with Gasteiger partial charge in [0.2, 0.25) is 0 Å². The van der Waals surface area contributed by atoms with Gasteiger partial charge in [-0.15, -0.1) is 23.8 Å². The van der Waals surface area contributed by atoms with Crippen molar-refractivity contribution >= 4 is 49.2 Å². The minimum atomic E-state index is -2.28. The van der Waals surface area contributed by atoms with Crippen LogP contribution in [0.5, 0.6) is 0 Å². The van der Waals surface area contributed by atoms with Crippen LogP contribution in [0.15, 0.2) is 116 Å². The van der Waals surface area contributed by atoms with Crippen molar-refractivity contribution in [3.63, 3.8) is 0 Å². The molecular formula is C38H31FGeIrN2S-2. The van der Waals surface area contributed by atoms with Gasteiger partial charge in [0.05, 0.1) is 0 Å². The van der Waals surface area contributed by atoms with Crippen LogP contribution in [-0.4, -0.2) is 23.2 Å². The molecule has 0 N–H and O–H groups in total. The van der Waals surface area contributed by atoms with Crippen molar-refractivity contribution in [2.45, 2.75) is 24.1 Å². The summed E-state index contributed by atoms with van der Waals surface area (Å²) in [7, 11) is 0. The van der Waals surface area contributed by atoms with Gasteiger partial charge in [0.1, 0.15) is 5.82 Å². The van der Waals surface area contributed by atoms with E-state index in [-0.39, 0.29) is 31.5 Å². The first-order valence-corrected chi connectivity index (χ1v) is 22.2. The summed E-state index contributed by atoms with van der Waals surface area (Å²) in [5, 5.41) is 1.79. The molecule has 0 aliphatic carbocycles.